The molecule has 2 bridgehead atoms. The molecule has 0 saturated carbocycles. The SMILES string of the molecule is CC(C)(C)OC(=O)N1CC2CCC(C1)N2C(=O)Cc1ccc(NC(=O)NCc2ccc(Cl)cc2)cc1. The number of halogens is 1. The molecule has 2 aromatic carbocycles. The van der Waals surface area contributed by atoms with Gasteiger partial charge in [-0.2, -0.15) is 0 Å². The van der Waals surface area contributed by atoms with Crippen molar-refractivity contribution < 1.29 is 19.1 Å². The summed E-state index contributed by atoms with van der Waals surface area (Å²) in [5.41, 5.74) is 1.93. The van der Waals surface area contributed by atoms with Gasteiger partial charge in [0.2, 0.25) is 5.91 Å². The van der Waals surface area contributed by atoms with Crippen LogP contribution in [0.25, 0.3) is 0 Å². The first kappa shape index (κ1) is 25.8. The molecule has 0 radical (unpaired) electrons. The van der Waals surface area contributed by atoms with Gasteiger partial charge in [-0.15, -0.1) is 0 Å². The Morgan fingerprint density at radius 1 is 0.944 bits per heavy atom. The Labute approximate surface area is 216 Å². The molecule has 2 heterocycles. The first-order valence-electron chi connectivity index (χ1n) is 12.2. The van der Waals surface area contributed by atoms with E-state index in [0.29, 0.717) is 30.3 Å². The largest absolute Gasteiger partial charge is 0.444 e. The normalized spacial score (nSPS) is 19.1. The van der Waals surface area contributed by atoms with Crippen LogP contribution in [0, 0.1) is 0 Å². The topological polar surface area (TPSA) is 91.0 Å². The van der Waals surface area contributed by atoms with Crippen LogP contribution < -0.4 is 10.6 Å². The second kappa shape index (κ2) is 10.8. The van der Waals surface area contributed by atoms with Gasteiger partial charge in [0, 0.05) is 42.4 Å². The van der Waals surface area contributed by atoms with Crippen molar-refractivity contribution >= 4 is 35.3 Å². The highest BCUT2D eigenvalue weighted by atomic mass is 35.5. The van der Waals surface area contributed by atoms with Crippen molar-refractivity contribution in [2.75, 3.05) is 18.4 Å². The number of hydrogen-bond acceptors (Lipinski definition) is 4. The monoisotopic (exact) mass is 512 g/mol. The lowest BCUT2D eigenvalue weighted by Gasteiger charge is -2.41. The van der Waals surface area contributed by atoms with Crippen molar-refractivity contribution in [2.24, 2.45) is 0 Å². The Kier molecular flexibility index (Phi) is 7.73. The lowest BCUT2D eigenvalue weighted by atomic mass is 10.1. The molecular formula is C27H33ClN4O4. The lowest BCUT2D eigenvalue weighted by molar-refractivity contribution is -0.136. The van der Waals surface area contributed by atoms with Gasteiger partial charge in [-0.25, -0.2) is 9.59 Å². The van der Waals surface area contributed by atoms with E-state index in [2.05, 4.69) is 10.6 Å². The summed E-state index contributed by atoms with van der Waals surface area (Å²) in [6.07, 6.45) is 1.75. The highest BCUT2D eigenvalue weighted by Gasteiger charge is 2.44. The van der Waals surface area contributed by atoms with Gasteiger partial charge in [0.15, 0.2) is 0 Å². The Balaban J connectivity index is 1.26. The number of carbonyl (C=O) groups is 3. The zero-order valence-corrected chi connectivity index (χ0v) is 21.7. The molecule has 192 valence electrons. The number of hydrogen-bond donors (Lipinski definition) is 2. The average Bonchev–Trinajstić information content (AvgIpc) is 3.08. The summed E-state index contributed by atoms with van der Waals surface area (Å²) in [5.74, 6) is 0.0627. The van der Waals surface area contributed by atoms with Crippen LogP contribution in [0.15, 0.2) is 48.5 Å². The maximum atomic E-state index is 13.1. The van der Waals surface area contributed by atoms with Crippen LogP contribution >= 0.6 is 11.6 Å². The Bertz CT molecular complexity index is 1080. The number of likely N-dealkylation sites (tertiary alicyclic amines) is 1. The molecular weight excluding hydrogens is 480 g/mol. The molecule has 2 fully saturated rings. The molecule has 9 heteroatoms. The molecule has 2 saturated heterocycles. The predicted molar refractivity (Wildman–Crippen MR) is 139 cm³/mol. The minimum absolute atomic E-state index is 0.0223. The number of anilines is 1. The zero-order valence-electron chi connectivity index (χ0n) is 20.9. The highest BCUT2D eigenvalue weighted by molar-refractivity contribution is 6.30. The molecule has 2 atom stereocenters. The van der Waals surface area contributed by atoms with E-state index in [1.54, 1.807) is 29.2 Å². The van der Waals surface area contributed by atoms with E-state index in [1.165, 1.54) is 0 Å². The maximum absolute atomic E-state index is 13.1. The van der Waals surface area contributed by atoms with Crippen LogP contribution in [-0.2, 0) is 22.5 Å². The molecule has 0 spiro atoms. The smallest absolute Gasteiger partial charge is 0.410 e. The molecule has 8 nitrogen and oxygen atoms in total. The van der Waals surface area contributed by atoms with E-state index >= 15 is 0 Å². The van der Waals surface area contributed by atoms with Crippen LogP contribution in [0.2, 0.25) is 5.02 Å². The number of benzene rings is 2. The molecule has 2 aliphatic rings. The fourth-order valence-electron chi connectivity index (χ4n) is 4.72. The summed E-state index contributed by atoms with van der Waals surface area (Å²) >= 11 is 5.88. The lowest BCUT2D eigenvalue weighted by Crippen LogP contribution is -2.58. The summed E-state index contributed by atoms with van der Waals surface area (Å²) in [6.45, 7) is 6.96. The van der Waals surface area contributed by atoms with Gasteiger partial charge in [-0.05, 0) is 69.0 Å². The fourth-order valence-corrected chi connectivity index (χ4v) is 4.84. The van der Waals surface area contributed by atoms with E-state index in [4.69, 9.17) is 16.3 Å². The molecule has 4 rings (SSSR count). The molecule has 2 N–H and O–H groups in total. The van der Waals surface area contributed by atoms with Crippen molar-refractivity contribution in [3.05, 3.63) is 64.7 Å². The van der Waals surface area contributed by atoms with Gasteiger partial charge in [0.05, 0.1) is 6.42 Å². The van der Waals surface area contributed by atoms with Gasteiger partial charge in [0.25, 0.3) is 0 Å². The molecule has 2 aromatic rings. The maximum Gasteiger partial charge on any atom is 0.410 e. The number of amides is 4. The van der Waals surface area contributed by atoms with E-state index in [1.807, 2.05) is 49.9 Å². The van der Waals surface area contributed by atoms with Gasteiger partial charge in [-0.1, -0.05) is 35.9 Å². The number of nitrogens with zero attached hydrogens (tertiary/aromatic N) is 2. The van der Waals surface area contributed by atoms with E-state index in [-0.39, 0.29) is 36.5 Å². The van der Waals surface area contributed by atoms with Crippen LogP contribution in [0.4, 0.5) is 15.3 Å². The van der Waals surface area contributed by atoms with Crippen molar-refractivity contribution in [1.29, 1.82) is 0 Å². The highest BCUT2D eigenvalue weighted by Crippen LogP contribution is 2.31. The molecule has 0 aromatic heterocycles. The standard InChI is InChI=1S/C27H33ClN4O4/c1-27(2,3)36-26(35)31-16-22-12-13-23(17-31)32(22)24(33)14-18-6-10-21(11-7-18)30-25(34)29-15-19-4-8-20(28)9-5-19/h4-11,22-23H,12-17H2,1-3H3,(H2,29,30,34). The van der Waals surface area contributed by atoms with Gasteiger partial charge in [-0.3, -0.25) is 4.79 Å². The molecule has 2 unspecified atom stereocenters. The van der Waals surface area contributed by atoms with Crippen molar-refractivity contribution in [3.63, 3.8) is 0 Å². The van der Waals surface area contributed by atoms with Crippen molar-refractivity contribution in [3.8, 4) is 0 Å². The van der Waals surface area contributed by atoms with Crippen molar-refractivity contribution in [1.82, 2.24) is 15.1 Å². The second-order valence-corrected chi connectivity index (χ2v) is 10.8. The third kappa shape index (κ3) is 6.69. The molecule has 2 aliphatic heterocycles. The molecule has 4 amide bonds. The zero-order chi connectivity index (χ0) is 25.9. The number of carbonyl (C=O) groups excluding carboxylic acids is 3. The number of nitrogens with one attached hydrogen (secondary N) is 2. The number of rotatable bonds is 5. The average molecular weight is 513 g/mol. The summed E-state index contributed by atoms with van der Waals surface area (Å²) in [4.78, 5) is 41.5. The third-order valence-electron chi connectivity index (χ3n) is 6.36. The van der Waals surface area contributed by atoms with Crippen LogP contribution in [-0.4, -0.2) is 58.6 Å². The third-order valence-corrected chi connectivity index (χ3v) is 6.61. The first-order valence-corrected chi connectivity index (χ1v) is 12.6. The fraction of sp³-hybridized carbons (Fsp3) is 0.444. The Morgan fingerprint density at radius 3 is 2.11 bits per heavy atom. The van der Waals surface area contributed by atoms with Gasteiger partial charge in [0.1, 0.15) is 5.60 Å². The summed E-state index contributed by atoms with van der Waals surface area (Å²) in [5, 5.41) is 6.26. The van der Waals surface area contributed by atoms with Gasteiger partial charge < -0.3 is 25.2 Å². The van der Waals surface area contributed by atoms with Crippen LogP contribution in [0.3, 0.4) is 0 Å². The number of urea groups is 1. The second-order valence-electron chi connectivity index (χ2n) is 10.4. The van der Waals surface area contributed by atoms with Crippen molar-refractivity contribution in [2.45, 2.75) is 64.3 Å². The summed E-state index contributed by atoms with van der Waals surface area (Å²) in [6, 6.07) is 14.3. The Morgan fingerprint density at radius 2 is 1.53 bits per heavy atom. The summed E-state index contributed by atoms with van der Waals surface area (Å²) < 4.78 is 5.52. The van der Waals surface area contributed by atoms with E-state index in [0.717, 1.165) is 24.0 Å². The van der Waals surface area contributed by atoms with Crippen LogP contribution in [0.1, 0.15) is 44.7 Å². The molecule has 36 heavy (non-hydrogen) atoms. The first-order chi connectivity index (χ1) is 17.1. The summed E-state index contributed by atoms with van der Waals surface area (Å²) in [7, 11) is 0. The van der Waals surface area contributed by atoms with Gasteiger partial charge >= 0.3 is 12.1 Å². The Hall–Kier alpha value is -3.26. The minimum atomic E-state index is -0.540. The quantitative estimate of drug-likeness (QED) is 0.601. The number of piperazine rings is 1. The van der Waals surface area contributed by atoms with Crippen LogP contribution in [0.5, 0.6) is 0 Å². The molecule has 0 aliphatic carbocycles. The number of ether oxygens (including phenoxy) is 1. The number of fused-ring (bicyclic) bond motifs is 2. The van der Waals surface area contributed by atoms with E-state index < -0.39 is 5.60 Å². The predicted octanol–water partition coefficient (Wildman–Crippen LogP) is 4.81. The van der Waals surface area contributed by atoms with E-state index in [9.17, 15) is 14.4 Å². The minimum Gasteiger partial charge on any atom is -0.444 e.